The fourth-order valence-electron chi connectivity index (χ4n) is 2.11. The predicted molar refractivity (Wildman–Crippen MR) is 97.4 cm³/mol. The van der Waals surface area contributed by atoms with Gasteiger partial charge < -0.3 is 10.1 Å². The van der Waals surface area contributed by atoms with Gasteiger partial charge in [-0.1, -0.05) is 47.5 Å². The number of benzene rings is 3. The van der Waals surface area contributed by atoms with Crippen LogP contribution in [0.15, 0.2) is 72.8 Å². The lowest BCUT2D eigenvalue weighted by Gasteiger charge is -2.09. The molecule has 0 aromatic heterocycles. The van der Waals surface area contributed by atoms with Crippen molar-refractivity contribution in [2.45, 2.75) is 0 Å². The Labute approximate surface area is 149 Å². The Balaban J connectivity index is 1.70. The van der Waals surface area contributed by atoms with Crippen LogP contribution in [0.4, 0.5) is 5.69 Å². The van der Waals surface area contributed by atoms with Gasteiger partial charge in [-0.05, 0) is 48.5 Å². The number of para-hydroxylation sites is 1. The molecule has 0 aliphatic rings. The monoisotopic (exact) mass is 357 g/mol. The first-order valence-corrected chi connectivity index (χ1v) is 7.97. The van der Waals surface area contributed by atoms with Gasteiger partial charge in [-0.15, -0.1) is 0 Å². The number of nitrogens with one attached hydrogen (secondary N) is 1. The second-order valence-corrected chi connectivity index (χ2v) is 5.78. The molecule has 3 aromatic rings. The Hall–Kier alpha value is -2.49. The molecule has 1 N–H and O–H groups in total. The fourth-order valence-corrected chi connectivity index (χ4v) is 2.49. The van der Waals surface area contributed by atoms with Crippen LogP contribution in [0.5, 0.6) is 11.5 Å². The molecule has 3 rings (SSSR count). The highest BCUT2D eigenvalue weighted by Crippen LogP contribution is 2.27. The number of carbonyl (C=O) groups excluding carboxylic acids is 1. The van der Waals surface area contributed by atoms with Crippen LogP contribution >= 0.6 is 23.2 Å². The fraction of sp³-hybridized carbons (Fsp3) is 0. The molecule has 0 saturated heterocycles. The largest absolute Gasteiger partial charge is 0.457 e. The van der Waals surface area contributed by atoms with E-state index >= 15 is 0 Å². The van der Waals surface area contributed by atoms with E-state index in [2.05, 4.69) is 5.32 Å². The summed E-state index contributed by atoms with van der Waals surface area (Å²) in [4.78, 5) is 12.3. The number of hydrogen-bond acceptors (Lipinski definition) is 2. The Morgan fingerprint density at radius 1 is 0.792 bits per heavy atom. The normalized spacial score (nSPS) is 10.2. The van der Waals surface area contributed by atoms with Crippen LogP contribution in [0, 0.1) is 0 Å². The predicted octanol–water partition coefficient (Wildman–Crippen LogP) is 6.04. The van der Waals surface area contributed by atoms with Gasteiger partial charge in [-0.3, -0.25) is 4.79 Å². The van der Waals surface area contributed by atoms with Crippen molar-refractivity contribution in [2.24, 2.45) is 0 Å². The van der Waals surface area contributed by atoms with Crippen molar-refractivity contribution in [3.05, 3.63) is 88.4 Å². The van der Waals surface area contributed by atoms with E-state index in [9.17, 15) is 4.79 Å². The van der Waals surface area contributed by atoms with E-state index in [-0.39, 0.29) is 10.9 Å². The lowest BCUT2D eigenvalue weighted by Crippen LogP contribution is -2.12. The average Bonchev–Trinajstić information content (AvgIpc) is 2.60. The number of hydrogen-bond donors (Lipinski definition) is 1. The van der Waals surface area contributed by atoms with Gasteiger partial charge in [-0.25, -0.2) is 0 Å². The summed E-state index contributed by atoms with van der Waals surface area (Å²) in [5.41, 5.74) is 0.963. The molecule has 0 aliphatic carbocycles. The van der Waals surface area contributed by atoms with Crippen LogP contribution in [-0.2, 0) is 0 Å². The molecule has 0 saturated carbocycles. The van der Waals surface area contributed by atoms with Crippen LogP contribution in [0.25, 0.3) is 0 Å². The van der Waals surface area contributed by atoms with Crippen molar-refractivity contribution in [1.29, 1.82) is 0 Å². The minimum atomic E-state index is -0.320. The van der Waals surface area contributed by atoms with Crippen molar-refractivity contribution in [2.75, 3.05) is 5.32 Å². The van der Waals surface area contributed by atoms with Crippen molar-refractivity contribution in [1.82, 2.24) is 0 Å². The van der Waals surface area contributed by atoms with Crippen molar-refractivity contribution in [3.8, 4) is 11.5 Å². The highest BCUT2D eigenvalue weighted by atomic mass is 35.5. The standard InChI is InChI=1S/C19H13Cl2NO2/c20-17-8-4-7-16(18(17)21)19(23)22-13-9-11-15(12-10-13)24-14-5-2-1-3-6-14/h1-12H,(H,22,23). The summed E-state index contributed by atoms with van der Waals surface area (Å²) < 4.78 is 5.71. The van der Waals surface area contributed by atoms with Gasteiger partial charge in [0.05, 0.1) is 15.6 Å². The third-order valence-electron chi connectivity index (χ3n) is 3.29. The Bertz CT molecular complexity index is 849. The maximum Gasteiger partial charge on any atom is 0.257 e. The average molecular weight is 358 g/mol. The highest BCUT2D eigenvalue weighted by molar-refractivity contribution is 6.44. The maximum absolute atomic E-state index is 12.3. The van der Waals surface area contributed by atoms with Gasteiger partial charge in [-0.2, -0.15) is 0 Å². The number of carbonyl (C=O) groups is 1. The summed E-state index contributed by atoms with van der Waals surface area (Å²) in [6, 6.07) is 21.5. The van der Waals surface area contributed by atoms with Crippen LogP contribution in [0.1, 0.15) is 10.4 Å². The van der Waals surface area contributed by atoms with E-state index in [1.807, 2.05) is 30.3 Å². The van der Waals surface area contributed by atoms with Gasteiger partial charge in [0.1, 0.15) is 11.5 Å². The summed E-state index contributed by atoms with van der Waals surface area (Å²) in [5.74, 6) is 1.11. The first-order valence-electron chi connectivity index (χ1n) is 7.22. The lowest BCUT2D eigenvalue weighted by atomic mass is 10.2. The minimum Gasteiger partial charge on any atom is -0.457 e. The molecule has 0 aliphatic heterocycles. The molecule has 0 bridgehead atoms. The van der Waals surface area contributed by atoms with Gasteiger partial charge >= 0.3 is 0 Å². The topological polar surface area (TPSA) is 38.3 Å². The van der Waals surface area contributed by atoms with E-state index in [0.29, 0.717) is 22.0 Å². The second kappa shape index (κ2) is 7.39. The molecule has 0 radical (unpaired) electrons. The Kier molecular flexibility index (Phi) is 5.04. The smallest absolute Gasteiger partial charge is 0.257 e. The van der Waals surface area contributed by atoms with E-state index in [1.54, 1.807) is 42.5 Å². The molecule has 0 unspecified atom stereocenters. The van der Waals surface area contributed by atoms with Crippen LogP contribution in [-0.4, -0.2) is 5.91 Å². The zero-order valence-corrected chi connectivity index (χ0v) is 14.0. The molecule has 5 heteroatoms. The number of anilines is 1. The summed E-state index contributed by atoms with van der Waals surface area (Å²) >= 11 is 12.0. The van der Waals surface area contributed by atoms with Crippen molar-refractivity contribution in [3.63, 3.8) is 0 Å². The molecule has 0 spiro atoms. The maximum atomic E-state index is 12.3. The zero-order valence-electron chi connectivity index (χ0n) is 12.5. The third-order valence-corrected chi connectivity index (χ3v) is 4.11. The first-order chi connectivity index (χ1) is 11.6. The molecule has 0 atom stereocenters. The summed E-state index contributed by atoms with van der Waals surface area (Å²) in [7, 11) is 0. The molecule has 0 heterocycles. The van der Waals surface area contributed by atoms with Gasteiger partial charge in [0, 0.05) is 5.69 Å². The molecule has 120 valence electrons. The summed E-state index contributed by atoms with van der Waals surface area (Å²) in [6.07, 6.45) is 0. The summed E-state index contributed by atoms with van der Waals surface area (Å²) in [6.45, 7) is 0. The van der Waals surface area contributed by atoms with E-state index in [0.717, 1.165) is 5.75 Å². The molecule has 3 aromatic carbocycles. The van der Waals surface area contributed by atoms with Crippen molar-refractivity contribution < 1.29 is 9.53 Å². The minimum absolute atomic E-state index is 0.237. The molecule has 0 fully saturated rings. The van der Waals surface area contributed by atoms with Crippen LogP contribution in [0.2, 0.25) is 10.0 Å². The molecular weight excluding hydrogens is 345 g/mol. The highest BCUT2D eigenvalue weighted by Gasteiger charge is 2.12. The molecule has 1 amide bonds. The van der Waals surface area contributed by atoms with Crippen LogP contribution in [0.3, 0.4) is 0 Å². The zero-order chi connectivity index (χ0) is 16.9. The van der Waals surface area contributed by atoms with E-state index in [1.165, 1.54) is 0 Å². The Morgan fingerprint density at radius 2 is 1.46 bits per heavy atom. The van der Waals surface area contributed by atoms with Gasteiger partial charge in [0.25, 0.3) is 5.91 Å². The number of amides is 1. The number of halogens is 2. The molecule has 24 heavy (non-hydrogen) atoms. The first kappa shape index (κ1) is 16.4. The van der Waals surface area contributed by atoms with Gasteiger partial charge in [0.15, 0.2) is 0 Å². The molecular formula is C19H13Cl2NO2. The lowest BCUT2D eigenvalue weighted by molar-refractivity contribution is 0.102. The summed E-state index contributed by atoms with van der Waals surface area (Å²) in [5, 5.41) is 3.36. The molecule has 3 nitrogen and oxygen atoms in total. The van der Waals surface area contributed by atoms with Crippen LogP contribution < -0.4 is 10.1 Å². The number of rotatable bonds is 4. The quantitative estimate of drug-likeness (QED) is 0.618. The van der Waals surface area contributed by atoms with E-state index in [4.69, 9.17) is 27.9 Å². The third kappa shape index (κ3) is 3.88. The van der Waals surface area contributed by atoms with Gasteiger partial charge in [0.2, 0.25) is 0 Å². The van der Waals surface area contributed by atoms with E-state index < -0.39 is 0 Å². The Morgan fingerprint density at radius 3 is 2.17 bits per heavy atom. The number of ether oxygens (including phenoxy) is 1. The van der Waals surface area contributed by atoms with Crippen molar-refractivity contribution >= 4 is 34.8 Å². The SMILES string of the molecule is O=C(Nc1ccc(Oc2ccccc2)cc1)c1cccc(Cl)c1Cl. The second-order valence-electron chi connectivity index (χ2n) is 4.99.